The summed E-state index contributed by atoms with van der Waals surface area (Å²) in [4.78, 5) is 14.8. The van der Waals surface area contributed by atoms with Gasteiger partial charge in [-0.1, -0.05) is 146 Å². The molecule has 0 amide bonds. The fraction of sp³-hybridized carbons (Fsp3) is 0.0192. The zero-order valence-corrected chi connectivity index (χ0v) is 31.5. The lowest BCUT2D eigenvalue weighted by Crippen LogP contribution is -2.05. The highest BCUT2D eigenvalue weighted by molar-refractivity contribution is 6.11. The van der Waals surface area contributed by atoms with E-state index in [2.05, 4.69) is 65.2 Å². The number of rotatable bonds is 7. The molecule has 0 bridgehead atoms. The first-order valence-corrected chi connectivity index (χ1v) is 19.3. The molecule has 0 N–H and O–H groups in total. The van der Waals surface area contributed by atoms with Crippen LogP contribution in [0.5, 0.6) is 0 Å². The summed E-state index contributed by atoms with van der Waals surface area (Å²) in [7, 11) is 0. The molecule has 282 valence electrons. The Bertz CT molecular complexity index is 2970. The van der Waals surface area contributed by atoms with Crippen molar-refractivity contribution in [3.8, 4) is 73.2 Å². The Morgan fingerprint density at radius 3 is 1.29 bits per heavy atom. The molecule has 2 aromatic heterocycles. The Labute approximate surface area is 338 Å². The second-order valence-corrected chi connectivity index (χ2v) is 14.4. The van der Waals surface area contributed by atoms with Crippen molar-refractivity contribution >= 4 is 21.8 Å². The van der Waals surface area contributed by atoms with E-state index in [9.17, 15) is 13.2 Å². The molecule has 0 aliphatic heterocycles. The Morgan fingerprint density at radius 1 is 0.339 bits per heavy atom. The van der Waals surface area contributed by atoms with Gasteiger partial charge in [0.2, 0.25) is 0 Å². The van der Waals surface area contributed by atoms with Gasteiger partial charge < -0.3 is 4.57 Å². The molecule has 0 unspecified atom stereocenters. The van der Waals surface area contributed by atoms with E-state index >= 15 is 0 Å². The largest absolute Gasteiger partial charge is 0.416 e. The van der Waals surface area contributed by atoms with Crippen LogP contribution in [0.15, 0.2) is 200 Å². The second kappa shape index (κ2) is 14.7. The summed E-state index contributed by atoms with van der Waals surface area (Å²) in [6.45, 7) is 0. The molecule has 0 atom stereocenters. The van der Waals surface area contributed by atoms with Crippen LogP contribution in [-0.4, -0.2) is 19.5 Å². The third-order valence-corrected chi connectivity index (χ3v) is 10.7. The third kappa shape index (κ3) is 6.83. The lowest BCUT2D eigenvalue weighted by Gasteiger charge is -2.16. The number of hydrogen-bond donors (Lipinski definition) is 0. The maximum absolute atomic E-state index is 14.3. The summed E-state index contributed by atoms with van der Waals surface area (Å²) in [6.07, 6.45) is -4.54. The molecule has 0 aliphatic rings. The van der Waals surface area contributed by atoms with Crippen LogP contribution >= 0.6 is 0 Å². The van der Waals surface area contributed by atoms with E-state index in [0.717, 1.165) is 66.9 Å². The molecule has 59 heavy (non-hydrogen) atoms. The molecule has 0 fully saturated rings. The maximum atomic E-state index is 14.3. The minimum Gasteiger partial charge on any atom is -0.309 e. The van der Waals surface area contributed by atoms with Crippen molar-refractivity contribution in [1.82, 2.24) is 19.5 Å². The predicted octanol–water partition coefficient (Wildman–Crippen LogP) is 14.0. The van der Waals surface area contributed by atoms with Gasteiger partial charge in [0.1, 0.15) is 0 Å². The molecule has 10 aromatic rings. The van der Waals surface area contributed by atoms with E-state index in [1.165, 1.54) is 12.1 Å². The fourth-order valence-corrected chi connectivity index (χ4v) is 7.82. The third-order valence-electron chi connectivity index (χ3n) is 10.7. The van der Waals surface area contributed by atoms with Crippen LogP contribution in [-0.2, 0) is 6.18 Å². The van der Waals surface area contributed by atoms with Crippen molar-refractivity contribution < 1.29 is 13.2 Å². The van der Waals surface area contributed by atoms with E-state index < -0.39 is 11.7 Å². The van der Waals surface area contributed by atoms with Crippen molar-refractivity contribution in [3.05, 3.63) is 206 Å². The molecule has 0 saturated carbocycles. The first kappa shape index (κ1) is 35.8. The smallest absolute Gasteiger partial charge is 0.309 e. The second-order valence-electron chi connectivity index (χ2n) is 14.4. The fourth-order valence-electron chi connectivity index (χ4n) is 7.82. The number of aromatic nitrogens is 4. The molecule has 0 saturated heterocycles. The molecule has 2 heterocycles. The van der Waals surface area contributed by atoms with E-state index in [1.54, 1.807) is 6.07 Å². The monoisotopic (exact) mass is 770 g/mol. The van der Waals surface area contributed by atoms with Gasteiger partial charge in [0.05, 0.1) is 16.6 Å². The molecule has 10 rings (SSSR count). The summed E-state index contributed by atoms with van der Waals surface area (Å²) >= 11 is 0. The average Bonchev–Trinajstić information content (AvgIpc) is 3.62. The normalized spacial score (nSPS) is 11.6. The van der Waals surface area contributed by atoms with Crippen LogP contribution in [0, 0.1) is 0 Å². The zero-order chi connectivity index (χ0) is 39.9. The highest BCUT2D eigenvalue weighted by Crippen LogP contribution is 2.41. The van der Waals surface area contributed by atoms with Crippen LogP contribution < -0.4 is 0 Å². The number of halogens is 3. The summed E-state index contributed by atoms with van der Waals surface area (Å²) in [5, 5.41) is 2.11. The predicted molar refractivity (Wildman–Crippen MR) is 232 cm³/mol. The van der Waals surface area contributed by atoms with Crippen molar-refractivity contribution in [2.45, 2.75) is 6.18 Å². The van der Waals surface area contributed by atoms with Crippen LogP contribution in [0.25, 0.3) is 95.0 Å². The maximum Gasteiger partial charge on any atom is 0.416 e. The Morgan fingerprint density at radius 2 is 0.797 bits per heavy atom. The van der Waals surface area contributed by atoms with Gasteiger partial charge in [-0.05, 0) is 88.0 Å². The standard InChI is InChI=1S/C52H33F3N4/c53-52(54,55)41-23-13-22-40(30-41)44-33-42(26-27-43(44)51-57-49(36-18-9-3-10-19-36)56-50(58-51)37-20-11-4-12-21-37)59-47-28-24-38(34-14-5-1-6-15-34)31-45(47)46-32-39(25-29-48(46)59)35-16-7-2-8-17-35/h1-33H. The topological polar surface area (TPSA) is 43.6 Å². The van der Waals surface area contributed by atoms with Crippen LogP contribution in [0.2, 0.25) is 0 Å². The Hall–Kier alpha value is -7.64. The molecule has 8 aromatic carbocycles. The minimum atomic E-state index is -4.54. The number of nitrogens with zero attached hydrogens (tertiary/aromatic N) is 4. The zero-order valence-electron chi connectivity index (χ0n) is 31.5. The molecule has 0 radical (unpaired) electrons. The van der Waals surface area contributed by atoms with Crippen LogP contribution in [0.1, 0.15) is 5.56 Å². The molecular weight excluding hydrogens is 738 g/mol. The molecule has 0 spiro atoms. The van der Waals surface area contributed by atoms with Crippen molar-refractivity contribution in [1.29, 1.82) is 0 Å². The van der Waals surface area contributed by atoms with Gasteiger partial charge in [-0.2, -0.15) is 13.2 Å². The van der Waals surface area contributed by atoms with Gasteiger partial charge in [0.15, 0.2) is 17.5 Å². The van der Waals surface area contributed by atoms with Crippen LogP contribution in [0.4, 0.5) is 13.2 Å². The SMILES string of the molecule is FC(F)(F)c1cccc(-c2cc(-n3c4ccc(-c5ccccc5)cc4c4cc(-c5ccccc5)ccc43)ccc2-c2nc(-c3ccccc3)nc(-c3ccccc3)n2)c1. The molecule has 4 nitrogen and oxygen atoms in total. The van der Waals surface area contributed by atoms with E-state index in [-0.39, 0.29) is 0 Å². The summed E-state index contributed by atoms with van der Waals surface area (Å²) in [6, 6.07) is 64.0. The first-order valence-electron chi connectivity index (χ1n) is 19.3. The summed E-state index contributed by atoms with van der Waals surface area (Å²) < 4.78 is 45.1. The highest BCUT2D eigenvalue weighted by atomic mass is 19.4. The van der Waals surface area contributed by atoms with Crippen molar-refractivity contribution in [2.24, 2.45) is 0 Å². The number of hydrogen-bond acceptors (Lipinski definition) is 3. The number of alkyl halides is 3. The van der Waals surface area contributed by atoms with E-state index in [0.29, 0.717) is 34.2 Å². The quantitative estimate of drug-likeness (QED) is 0.162. The van der Waals surface area contributed by atoms with E-state index in [4.69, 9.17) is 15.0 Å². The highest BCUT2D eigenvalue weighted by Gasteiger charge is 2.31. The van der Waals surface area contributed by atoms with Gasteiger partial charge in [-0.25, -0.2) is 15.0 Å². The van der Waals surface area contributed by atoms with Gasteiger partial charge >= 0.3 is 6.18 Å². The van der Waals surface area contributed by atoms with Gasteiger partial charge in [0.25, 0.3) is 0 Å². The number of fused-ring (bicyclic) bond motifs is 3. The Balaban J connectivity index is 1.23. The molecule has 0 aliphatic carbocycles. The van der Waals surface area contributed by atoms with Crippen LogP contribution in [0.3, 0.4) is 0 Å². The molecule has 7 heteroatoms. The Kier molecular flexibility index (Phi) is 8.91. The molecular formula is C52H33F3N4. The lowest BCUT2D eigenvalue weighted by molar-refractivity contribution is -0.137. The van der Waals surface area contributed by atoms with E-state index in [1.807, 2.05) is 115 Å². The summed E-state index contributed by atoms with van der Waals surface area (Å²) in [5.41, 5.74) is 9.44. The van der Waals surface area contributed by atoms with Gasteiger partial charge in [-0.15, -0.1) is 0 Å². The van der Waals surface area contributed by atoms with Gasteiger partial charge in [-0.3, -0.25) is 0 Å². The average molecular weight is 771 g/mol. The van der Waals surface area contributed by atoms with Crippen molar-refractivity contribution in [2.75, 3.05) is 0 Å². The summed E-state index contributed by atoms with van der Waals surface area (Å²) in [5.74, 6) is 1.26. The van der Waals surface area contributed by atoms with Crippen molar-refractivity contribution in [3.63, 3.8) is 0 Å². The first-order chi connectivity index (χ1) is 28.9. The minimum absolute atomic E-state index is 0.346. The lowest BCUT2D eigenvalue weighted by atomic mass is 9.96. The number of benzene rings is 8. The van der Waals surface area contributed by atoms with Gasteiger partial charge in [0, 0.05) is 33.2 Å².